The minimum Gasteiger partial charge on any atom is -0.454 e. The predicted octanol–water partition coefficient (Wildman–Crippen LogP) is 2.16. The molecule has 2 bridgehead atoms. The number of imide groups is 1. The van der Waals surface area contributed by atoms with E-state index in [9.17, 15) is 19.2 Å². The lowest BCUT2D eigenvalue weighted by Gasteiger charge is -2.19. The molecule has 3 aliphatic rings. The summed E-state index contributed by atoms with van der Waals surface area (Å²) in [4.78, 5) is 50.3. The molecule has 4 atom stereocenters. The second kappa shape index (κ2) is 7.20. The summed E-state index contributed by atoms with van der Waals surface area (Å²) in [5, 5.41) is 3.10. The molecule has 2 saturated carbocycles. The molecule has 0 aromatic heterocycles. The summed E-state index contributed by atoms with van der Waals surface area (Å²) < 4.78 is 4.97. The number of halogens is 1. The van der Waals surface area contributed by atoms with E-state index in [1.54, 1.807) is 18.2 Å². The molecule has 4 rings (SSSR count). The van der Waals surface area contributed by atoms with E-state index >= 15 is 0 Å². The highest BCUT2D eigenvalue weighted by Gasteiger charge is 2.61. The number of likely N-dealkylation sites (tertiary alicyclic amines) is 1. The monoisotopic (exact) mass is 404 g/mol. The van der Waals surface area contributed by atoms with Gasteiger partial charge in [-0.05, 0) is 55.7 Å². The average Bonchev–Trinajstić information content (AvgIpc) is 3.33. The van der Waals surface area contributed by atoms with Gasteiger partial charge in [0, 0.05) is 10.7 Å². The lowest BCUT2D eigenvalue weighted by Crippen LogP contribution is -2.38. The van der Waals surface area contributed by atoms with Crippen LogP contribution in [0.4, 0.5) is 5.69 Å². The molecule has 7 nitrogen and oxygen atoms in total. The molecule has 28 heavy (non-hydrogen) atoms. The maximum absolute atomic E-state index is 12.6. The van der Waals surface area contributed by atoms with Gasteiger partial charge >= 0.3 is 5.97 Å². The van der Waals surface area contributed by atoms with Gasteiger partial charge in [-0.25, -0.2) is 0 Å². The normalized spacial score (nSPS) is 27.9. The highest BCUT2D eigenvalue weighted by Crippen LogP contribution is 2.56. The molecule has 3 fully saturated rings. The SMILES string of the molecule is Cc1ccc(Cl)cc1NC(=O)COC(=O)CN1C(=O)[C@@H]2[C@@H]3CC[C@@H](C3)[C@@H]2C1=O. The Morgan fingerprint density at radius 2 is 1.82 bits per heavy atom. The fraction of sp³-hybridized carbons (Fsp3) is 0.500. The Morgan fingerprint density at radius 1 is 1.18 bits per heavy atom. The first-order chi connectivity index (χ1) is 13.3. The zero-order valence-electron chi connectivity index (χ0n) is 15.4. The van der Waals surface area contributed by atoms with Crippen LogP contribution < -0.4 is 5.32 Å². The Morgan fingerprint density at radius 3 is 2.46 bits per heavy atom. The molecule has 8 heteroatoms. The first kappa shape index (κ1) is 18.9. The fourth-order valence-corrected chi connectivity index (χ4v) is 5.03. The van der Waals surface area contributed by atoms with Crippen molar-refractivity contribution in [3.8, 4) is 0 Å². The summed E-state index contributed by atoms with van der Waals surface area (Å²) >= 11 is 5.91. The van der Waals surface area contributed by atoms with E-state index in [2.05, 4.69) is 5.32 Å². The van der Waals surface area contributed by atoms with E-state index in [1.807, 2.05) is 6.92 Å². The summed E-state index contributed by atoms with van der Waals surface area (Å²) in [6.45, 7) is 0.874. The third-order valence-corrected chi connectivity index (χ3v) is 6.38. The Labute approximate surface area is 167 Å². The second-order valence-electron chi connectivity index (χ2n) is 7.82. The third kappa shape index (κ3) is 3.28. The van der Waals surface area contributed by atoms with Gasteiger partial charge in [0.2, 0.25) is 11.8 Å². The van der Waals surface area contributed by atoms with Crippen molar-refractivity contribution in [2.24, 2.45) is 23.7 Å². The summed E-state index contributed by atoms with van der Waals surface area (Å²) in [5.41, 5.74) is 1.35. The van der Waals surface area contributed by atoms with Gasteiger partial charge in [-0.3, -0.25) is 24.1 Å². The molecule has 1 saturated heterocycles. The van der Waals surface area contributed by atoms with Gasteiger partial charge in [0.15, 0.2) is 6.61 Å². The van der Waals surface area contributed by atoms with Crippen LogP contribution in [-0.4, -0.2) is 41.7 Å². The minimum atomic E-state index is -0.771. The highest BCUT2D eigenvalue weighted by atomic mass is 35.5. The van der Waals surface area contributed by atoms with Gasteiger partial charge in [-0.1, -0.05) is 17.7 Å². The Hall–Kier alpha value is -2.41. The number of ether oxygens (including phenoxy) is 1. The number of nitrogens with zero attached hydrogens (tertiary/aromatic N) is 1. The van der Waals surface area contributed by atoms with Crippen molar-refractivity contribution in [3.05, 3.63) is 28.8 Å². The van der Waals surface area contributed by atoms with Crippen molar-refractivity contribution < 1.29 is 23.9 Å². The van der Waals surface area contributed by atoms with Crippen LogP contribution in [0.2, 0.25) is 5.02 Å². The molecule has 0 unspecified atom stereocenters. The Balaban J connectivity index is 1.30. The number of nitrogens with one attached hydrogen (secondary N) is 1. The molecule has 1 heterocycles. The molecule has 3 amide bonds. The average molecular weight is 405 g/mol. The quantitative estimate of drug-likeness (QED) is 0.599. The summed E-state index contributed by atoms with van der Waals surface area (Å²) in [6, 6.07) is 5.07. The first-order valence-corrected chi connectivity index (χ1v) is 9.80. The number of anilines is 1. The summed E-state index contributed by atoms with van der Waals surface area (Å²) in [5.74, 6) is -1.84. The number of rotatable bonds is 5. The van der Waals surface area contributed by atoms with E-state index in [1.165, 1.54) is 0 Å². The molecule has 148 valence electrons. The molecule has 0 radical (unpaired) electrons. The Bertz CT molecular complexity index is 842. The molecule has 1 aliphatic heterocycles. The number of carbonyl (C=O) groups excluding carboxylic acids is 4. The van der Waals surface area contributed by atoms with Crippen LogP contribution in [0.5, 0.6) is 0 Å². The molecule has 1 N–H and O–H groups in total. The zero-order valence-corrected chi connectivity index (χ0v) is 16.2. The van der Waals surface area contributed by atoms with Crippen molar-refractivity contribution in [2.75, 3.05) is 18.5 Å². The van der Waals surface area contributed by atoms with E-state index in [0.29, 0.717) is 10.7 Å². The maximum atomic E-state index is 12.6. The number of esters is 1. The first-order valence-electron chi connectivity index (χ1n) is 9.42. The van der Waals surface area contributed by atoms with Crippen molar-refractivity contribution in [1.29, 1.82) is 0 Å². The summed E-state index contributed by atoms with van der Waals surface area (Å²) in [6.07, 6.45) is 2.90. The molecule has 0 spiro atoms. The van der Waals surface area contributed by atoms with Crippen molar-refractivity contribution in [1.82, 2.24) is 4.90 Å². The second-order valence-corrected chi connectivity index (χ2v) is 8.25. The number of benzene rings is 1. The van der Waals surface area contributed by atoms with Crippen molar-refractivity contribution >= 4 is 41.0 Å². The number of hydrogen-bond acceptors (Lipinski definition) is 5. The van der Waals surface area contributed by atoms with Crippen LogP contribution >= 0.6 is 11.6 Å². The van der Waals surface area contributed by atoms with Crippen LogP contribution in [0.1, 0.15) is 24.8 Å². The third-order valence-electron chi connectivity index (χ3n) is 6.14. The number of fused-ring (bicyclic) bond motifs is 5. The van der Waals surface area contributed by atoms with Crippen LogP contribution in [0.15, 0.2) is 18.2 Å². The number of aryl methyl sites for hydroxylation is 1. The van der Waals surface area contributed by atoms with Crippen LogP contribution in [0.3, 0.4) is 0 Å². The van der Waals surface area contributed by atoms with E-state index in [0.717, 1.165) is 29.7 Å². The number of hydrogen-bond donors (Lipinski definition) is 1. The highest BCUT2D eigenvalue weighted by molar-refractivity contribution is 6.31. The molecule has 1 aromatic rings. The largest absolute Gasteiger partial charge is 0.454 e. The van der Waals surface area contributed by atoms with Crippen LogP contribution in [0.25, 0.3) is 0 Å². The fourth-order valence-electron chi connectivity index (χ4n) is 4.86. The van der Waals surface area contributed by atoms with E-state index < -0.39 is 25.0 Å². The van der Waals surface area contributed by atoms with Crippen LogP contribution in [-0.2, 0) is 23.9 Å². The topological polar surface area (TPSA) is 92.8 Å². The lowest BCUT2D eigenvalue weighted by atomic mass is 9.81. The zero-order chi connectivity index (χ0) is 20.0. The van der Waals surface area contributed by atoms with Crippen LogP contribution in [0, 0.1) is 30.6 Å². The predicted molar refractivity (Wildman–Crippen MR) is 100 cm³/mol. The lowest BCUT2D eigenvalue weighted by molar-refractivity contribution is -0.154. The van der Waals surface area contributed by atoms with Crippen molar-refractivity contribution in [3.63, 3.8) is 0 Å². The number of amides is 3. The molecular formula is C20H21ClN2O5. The van der Waals surface area contributed by atoms with Gasteiger partial charge < -0.3 is 10.1 Å². The Kier molecular flexibility index (Phi) is 4.87. The van der Waals surface area contributed by atoms with Gasteiger partial charge in [0.25, 0.3) is 5.91 Å². The van der Waals surface area contributed by atoms with Gasteiger partial charge in [-0.15, -0.1) is 0 Å². The summed E-state index contributed by atoms with van der Waals surface area (Å²) in [7, 11) is 0. The minimum absolute atomic E-state index is 0.263. The smallest absolute Gasteiger partial charge is 0.326 e. The van der Waals surface area contributed by atoms with E-state index in [-0.39, 0.29) is 35.5 Å². The van der Waals surface area contributed by atoms with Crippen molar-refractivity contribution in [2.45, 2.75) is 26.2 Å². The van der Waals surface area contributed by atoms with Gasteiger partial charge in [-0.2, -0.15) is 0 Å². The standard InChI is InChI=1S/C20H21ClN2O5/c1-10-2-5-13(21)7-14(10)22-15(24)9-28-16(25)8-23-19(26)17-11-3-4-12(6-11)18(17)20(23)27/h2,5,7,11-12,17-18H,3-4,6,8-9H2,1H3,(H,22,24)/t11-,12+,17-,18+. The maximum Gasteiger partial charge on any atom is 0.326 e. The van der Waals surface area contributed by atoms with Gasteiger partial charge in [0.1, 0.15) is 6.54 Å². The molecule has 1 aromatic carbocycles. The molecule has 2 aliphatic carbocycles. The molecular weight excluding hydrogens is 384 g/mol. The van der Waals surface area contributed by atoms with Gasteiger partial charge in [0.05, 0.1) is 11.8 Å². The van der Waals surface area contributed by atoms with E-state index in [4.69, 9.17) is 16.3 Å². The number of carbonyl (C=O) groups is 4.